The highest BCUT2D eigenvalue weighted by Gasteiger charge is 2.35. The summed E-state index contributed by atoms with van der Waals surface area (Å²) in [6.07, 6.45) is 1.79. The lowest BCUT2D eigenvalue weighted by Gasteiger charge is -2.40. The molecule has 0 fully saturated rings. The van der Waals surface area contributed by atoms with Crippen LogP contribution in [0.2, 0.25) is 0 Å². The fraction of sp³-hybridized carbons (Fsp3) is 0.560. The molecule has 0 aliphatic carbocycles. The summed E-state index contributed by atoms with van der Waals surface area (Å²) in [4.78, 5) is 18.9. The smallest absolute Gasteiger partial charge is 0.237 e. The third kappa shape index (κ3) is 5.82. The molecule has 176 valence electrons. The topological polar surface area (TPSA) is 62.2 Å². The minimum absolute atomic E-state index is 0.0747. The molecule has 1 aliphatic heterocycles. The molecule has 7 heteroatoms. The highest BCUT2D eigenvalue weighted by atomic mass is 32.1. The molecule has 1 aromatic carbocycles. The Hall–Kier alpha value is -2.09. The molecule has 6 nitrogen and oxygen atoms in total. The molecule has 32 heavy (non-hydrogen) atoms. The number of fused-ring (bicyclic) bond motifs is 1. The Morgan fingerprint density at radius 3 is 2.78 bits per heavy atom. The van der Waals surface area contributed by atoms with Gasteiger partial charge in [0.05, 0.1) is 25.3 Å². The Morgan fingerprint density at radius 1 is 1.34 bits per heavy atom. The summed E-state index contributed by atoms with van der Waals surface area (Å²) in [5.41, 5.74) is 0.294. The monoisotopic (exact) mass is 460 g/mol. The molecule has 0 radical (unpaired) electrons. The number of carbonyl (C=O) groups excluding carboxylic acids is 1. The maximum atomic E-state index is 13.5. The summed E-state index contributed by atoms with van der Waals surface area (Å²) in [5, 5.41) is 12.6. The SMILES string of the molecule is CCCN(CC(=O)N1CCc2sccc2[C@H]1COc1cccc(OC)c1)[C@H](C)C(C)(C)O. The minimum Gasteiger partial charge on any atom is -0.497 e. The van der Waals surface area contributed by atoms with Crippen LogP contribution in [0.15, 0.2) is 35.7 Å². The zero-order valence-corrected chi connectivity index (χ0v) is 20.7. The zero-order valence-electron chi connectivity index (χ0n) is 19.8. The van der Waals surface area contributed by atoms with Gasteiger partial charge in [-0.05, 0) is 69.3 Å². The molecule has 0 saturated carbocycles. The van der Waals surface area contributed by atoms with Gasteiger partial charge in [0.1, 0.15) is 18.1 Å². The van der Waals surface area contributed by atoms with Crippen molar-refractivity contribution in [2.75, 3.05) is 33.4 Å². The van der Waals surface area contributed by atoms with E-state index in [1.165, 1.54) is 10.4 Å². The summed E-state index contributed by atoms with van der Waals surface area (Å²) in [7, 11) is 1.63. The molecule has 1 aromatic heterocycles. The van der Waals surface area contributed by atoms with Gasteiger partial charge >= 0.3 is 0 Å². The van der Waals surface area contributed by atoms with Gasteiger partial charge in [-0.3, -0.25) is 9.69 Å². The number of aliphatic hydroxyl groups is 1. The normalized spacial score (nSPS) is 17.2. The van der Waals surface area contributed by atoms with Crippen LogP contribution in [0, 0.1) is 0 Å². The van der Waals surface area contributed by atoms with Gasteiger partial charge in [0.2, 0.25) is 5.91 Å². The van der Waals surface area contributed by atoms with Crippen LogP contribution in [0.5, 0.6) is 11.5 Å². The Balaban J connectivity index is 1.77. The molecule has 1 N–H and O–H groups in total. The van der Waals surface area contributed by atoms with E-state index in [1.807, 2.05) is 36.1 Å². The first-order valence-corrected chi connectivity index (χ1v) is 12.2. The quantitative estimate of drug-likeness (QED) is 0.578. The largest absolute Gasteiger partial charge is 0.497 e. The number of amides is 1. The molecule has 0 bridgehead atoms. The van der Waals surface area contributed by atoms with E-state index < -0.39 is 5.60 Å². The van der Waals surface area contributed by atoms with E-state index in [0.717, 1.165) is 30.9 Å². The molecule has 2 heterocycles. The summed E-state index contributed by atoms with van der Waals surface area (Å²) in [5.74, 6) is 1.54. The lowest BCUT2D eigenvalue weighted by molar-refractivity contribution is -0.138. The van der Waals surface area contributed by atoms with Gasteiger partial charge in [0.25, 0.3) is 0 Å². The number of methoxy groups -OCH3 is 1. The van der Waals surface area contributed by atoms with E-state index in [0.29, 0.717) is 13.2 Å². The number of nitrogens with zero attached hydrogens (tertiary/aromatic N) is 2. The highest BCUT2D eigenvalue weighted by Crippen LogP contribution is 2.34. The van der Waals surface area contributed by atoms with Crippen molar-refractivity contribution in [3.05, 3.63) is 46.2 Å². The number of thiophene rings is 1. The van der Waals surface area contributed by atoms with E-state index in [-0.39, 0.29) is 24.5 Å². The average molecular weight is 461 g/mol. The first kappa shape index (κ1) is 24.6. The van der Waals surface area contributed by atoms with Gasteiger partial charge in [-0.25, -0.2) is 0 Å². The van der Waals surface area contributed by atoms with Crippen molar-refractivity contribution in [2.45, 2.75) is 58.2 Å². The van der Waals surface area contributed by atoms with Crippen LogP contribution in [0.3, 0.4) is 0 Å². The molecule has 3 rings (SSSR count). The van der Waals surface area contributed by atoms with Crippen molar-refractivity contribution in [1.82, 2.24) is 9.80 Å². The Kier molecular flexibility index (Phi) is 8.20. The Morgan fingerprint density at radius 2 is 2.09 bits per heavy atom. The van der Waals surface area contributed by atoms with Crippen molar-refractivity contribution in [3.8, 4) is 11.5 Å². The van der Waals surface area contributed by atoms with E-state index in [9.17, 15) is 9.90 Å². The van der Waals surface area contributed by atoms with Crippen LogP contribution in [0.1, 0.15) is 50.6 Å². The maximum Gasteiger partial charge on any atom is 0.237 e. The van der Waals surface area contributed by atoms with E-state index in [1.54, 1.807) is 32.3 Å². The van der Waals surface area contributed by atoms with Gasteiger partial charge in [0.15, 0.2) is 0 Å². The van der Waals surface area contributed by atoms with E-state index in [4.69, 9.17) is 9.47 Å². The molecular formula is C25H36N2O4S. The lowest BCUT2D eigenvalue weighted by Crippen LogP contribution is -2.53. The van der Waals surface area contributed by atoms with Crippen LogP contribution >= 0.6 is 11.3 Å². The number of carbonyl (C=O) groups is 1. The molecule has 0 saturated heterocycles. The van der Waals surface area contributed by atoms with Crippen LogP contribution < -0.4 is 9.47 Å². The second kappa shape index (κ2) is 10.7. The molecule has 0 unspecified atom stereocenters. The number of hydrogen-bond donors (Lipinski definition) is 1. The molecule has 1 amide bonds. The molecule has 0 spiro atoms. The Bertz CT molecular complexity index is 892. The summed E-state index contributed by atoms with van der Waals surface area (Å²) >= 11 is 1.74. The first-order valence-electron chi connectivity index (χ1n) is 11.3. The van der Waals surface area contributed by atoms with Crippen molar-refractivity contribution in [2.24, 2.45) is 0 Å². The molecular weight excluding hydrogens is 424 g/mol. The second-order valence-electron chi connectivity index (χ2n) is 8.94. The van der Waals surface area contributed by atoms with Crippen molar-refractivity contribution in [1.29, 1.82) is 0 Å². The van der Waals surface area contributed by atoms with Gasteiger partial charge in [0, 0.05) is 23.5 Å². The van der Waals surface area contributed by atoms with Gasteiger partial charge in [-0.2, -0.15) is 0 Å². The van der Waals surface area contributed by atoms with Crippen LogP contribution in [0.4, 0.5) is 0 Å². The maximum absolute atomic E-state index is 13.5. The third-order valence-electron chi connectivity index (χ3n) is 6.28. The summed E-state index contributed by atoms with van der Waals surface area (Å²) in [6, 6.07) is 9.39. The van der Waals surface area contributed by atoms with Crippen molar-refractivity contribution in [3.63, 3.8) is 0 Å². The molecule has 1 aliphatic rings. The van der Waals surface area contributed by atoms with Crippen LogP contribution in [-0.4, -0.2) is 65.8 Å². The highest BCUT2D eigenvalue weighted by molar-refractivity contribution is 7.10. The fourth-order valence-corrected chi connectivity index (χ4v) is 5.08. The van der Waals surface area contributed by atoms with Crippen molar-refractivity contribution >= 4 is 17.2 Å². The predicted octanol–water partition coefficient (Wildman–Crippen LogP) is 4.13. The van der Waals surface area contributed by atoms with Gasteiger partial charge in [-0.1, -0.05) is 13.0 Å². The third-order valence-corrected chi connectivity index (χ3v) is 7.28. The average Bonchev–Trinajstić information content (AvgIpc) is 3.25. The number of rotatable bonds is 10. The van der Waals surface area contributed by atoms with Crippen molar-refractivity contribution < 1.29 is 19.4 Å². The van der Waals surface area contributed by atoms with Crippen LogP contribution in [-0.2, 0) is 11.2 Å². The summed E-state index contributed by atoms with van der Waals surface area (Å²) in [6.45, 7) is 9.79. The van der Waals surface area contributed by atoms with Gasteiger partial charge in [-0.15, -0.1) is 11.3 Å². The van der Waals surface area contributed by atoms with E-state index >= 15 is 0 Å². The first-order chi connectivity index (χ1) is 15.2. The number of benzene rings is 1. The Labute approximate surface area is 195 Å². The van der Waals surface area contributed by atoms with Gasteiger partial charge < -0.3 is 19.5 Å². The minimum atomic E-state index is -0.882. The predicted molar refractivity (Wildman–Crippen MR) is 129 cm³/mol. The summed E-state index contributed by atoms with van der Waals surface area (Å²) < 4.78 is 11.4. The zero-order chi connectivity index (χ0) is 23.3. The fourth-order valence-electron chi connectivity index (χ4n) is 4.15. The number of hydrogen-bond acceptors (Lipinski definition) is 6. The standard InChI is InChI=1S/C25H36N2O4S/c1-6-12-26(18(2)25(3,4)29)16-24(28)27-13-10-23-21(11-14-32-23)22(27)17-31-20-9-7-8-19(15-20)30-5/h7-9,11,14-15,18,22,29H,6,10,12-13,16-17H2,1-5H3/t18-,22-/m1/s1. The number of ether oxygens (including phenoxy) is 2. The molecule has 2 aromatic rings. The molecule has 2 atom stereocenters. The van der Waals surface area contributed by atoms with E-state index in [2.05, 4.69) is 23.3 Å². The van der Waals surface area contributed by atoms with Crippen LogP contribution in [0.25, 0.3) is 0 Å². The second-order valence-corrected chi connectivity index (χ2v) is 9.94. The lowest BCUT2D eigenvalue weighted by atomic mass is 9.98.